The quantitative estimate of drug-likeness (QED) is 0.828. The molecule has 0 saturated heterocycles. The highest BCUT2D eigenvalue weighted by Gasteiger charge is 2.28. The fourth-order valence-electron chi connectivity index (χ4n) is 3.70. The molecule has 1 aromatic rings. The van der Waals surface area contributed by atoms with E-state index in [1.807, 2.05) is 30.3 Å². The second-order valence-electron chi connectivity index (χ2n) is 6.45. The smallest absolute Gasteiger partial charge is 0.140 e. The molecule has 0 radical (unpaired) electrons. The molecular weight excluding hydrogens is 282 g/mol. The van der Waals surface area contributed by atoms with Gasteiger partial charge in [0.15, 0.2) is 0 Å². The molecule has 1 unspecified atom stereocenters. The average Bonchev–Trinajstić information content (AvgIpc) is 2.62. The number of fused-ring (bicyclic) bond motifs is 1. The maximum Gasteiger partial charge on any atom is 0.140 e. The predicted molar refractivity (Wildman–Crippen MR) is 90.8 cm³/mol. The van der Waals surface area contributed by atoms with Gasteiger partial charge in [0.05, 0.1) is 18.2 Å². The maximum absolute atomic E-state index is 9.34. The van der Waals surface area contributed by atoms with Crippen molar-refractivity contribution in [1.82, 2.24) is 0 Å². The minimum Gasteiger partial charge on any atom is -0.286 e. The number of hydrogen-bond donors (Lipinski definition) is 0. The number of allylic oxidation sites excluding steroid dienone is 1. The van der Waals surface area contributed by atoms with Crippen LogP contribution < -0.4 is 0 Å². The van der Waals surface area contributed by atoms with E-state index in [0.717, 1.165) is 17.7 Å². The van der Waals surface area contributed by atoms with E-state index in [4.69, 9.17) is 4.99 Å². The van der Waals surface area contributed by atoms with E-state index < -0.39 is 5.92 Å². The zero-order valence-electron chi connectivity index (χ0n) is 13.2. The molecule has 0 amide bonds. The summed E-state index contributed by atoms with van der Waals surface area (Å²) in [6.07, 6.45) is 10.0. The minimum absolute atomic E-state index is 0.116. The van der Waals surface area contributed by atoms with Crippen molar-refractivity contribution in [1.29, 1.82) is 10.5 Å². The van der Waals surface area contributed by atoms with Crippen molar-refractivity contribution in [3.63, 3.8) is 0 Å². The Labute approximate surface area is 138 Å². The lowest BCUT2D eigenvalue weighted by Gasteiger charge is -2.30. The van der Waals surface area contributed by atoms with Crippen LogP contribution in [0.25, 0.3) is 0 Å². The Bertz CT molecular complexity index is 661. The highest BCUT2D eigenvalue weighted by atomic mass is 14.8. The molecular formula is C20H21N3. The molecule has 2 aliphatic rings. The van der Waals surface area contributed by atoms with Gasteiger partial charge in [-0.15, -0.1) is 0 Å². The normalized spacial score (nSPS) is 24.2. The standard InChI is InChI=1S/C20H21N3/c21-13-17(14-22)19(15-6-2-1-3-7-15)12-18-11-10-16-8-4-5-9-20(16)23-18/h1-3,6-7,10-11,16-17,19-20H,4-5,8-9,12H2/t16-,19?,20-/m1/s1. The van der Waals surface area contributed by atoms with E-state index in [9.17, 15) is 10.5 Å². The van der Waals surface area contributed by atoms with Crippen LogP contribution in [-0.4, -0.2) is 11.8 Å². The molecule has 0 bridgehead atoms. The Hall–Kier alpha value is -2.39. The van der Waals surface area contributed by atoms with Crippen LogP contribution in [0.15, 0.2) is 47.5 Å². The van der Waals surface area contributed by atoms with Crippen LogP contribution in [0.3, 0.4) is 0 Å². The Kier molecular flexibility index (Phi) is 4.89. The molecule has 1 heterocycles. The number of rotatable bonds is 4. The van der Waals surface area contributed by atoms with Gasteiger partial charge in [0.1, 0.15) is 5.92 Å². The largest absolute Gasteiger partial charge is 0.286 e. The van der Waals surface area contributed by atoms with Crippen molar-refractivity contribution in [3.05, 3.63) is 48.0 Å². The summed E-state index contributed by atoms with van der Waals surface area (Å²) in [6, 6.07) is 14.6. The first kappa shape index (κ1) is 15.5. The van der Waals surface area contributed by atoms with Crippen LogP contribution in [0.1, 0.15) is 43.6 Å². The van der Waals surface area contributed by atoms with E-state index in [1.54, 1.807) is 0 Å². The summed E-state index contributed by atoms with van der Waals surface area (Å²) < 4.78 is 0. The number of aliphatic imine (C=N–C) groups is 1. The van der Waals surface area contributed by atoms with E-state index in [-0.39, 0.29) is 5.92 Å². The third-order valence-corrected chi connectivity index (χ3v) is 4.99. The van der Waals surface area contributed by atoms with Crippen molar-refractivity contribution < 1.29 is 0 Å². The summed E-state index contributed by atoms with van der Waals surface area (Å²) in [5, 5.41) is 18.7. The zero-order chi connectivity index (χ0) is 16.1. The minimum atomic E-state index is -0.641. The summed E-state index contributed by atoms with van der Waals surface area (Å²) in [7, 11) is 0. The lowest BCUT2D eigenvalue weighted by molar-refractivity contribution is 0.360. The van der Waals surface area contributed by atoms with Crippen LogP contribution in [-0.2, 0) is 0 Å². The molecule has 0 spiro atoms. The van der Waals surface area contributed by atoms with Gasteiger partial charge in [0, 0.05) is 11.6 Å². The fraction of sp³-hybridized carbons (Fsp3) is 0.450. The lowest BCUT2D eigenvalue weighted by Crippen LogP contribution is -2.26. The molecule has 0 N–H and O–H groups in total. The number of nitriles is 2. The van der Waals surface area contributed by atoms with Gasteiger partial charge in [-0.2, -0.15) is 10.5 Å². The van der Waals surface area contributed by atoms with E-state index >= 15 is 0 Å². The summed E-state index contributed by atoms with van der Waals surface area (Å²) >= 11 is 0. The van der Waals surface area contributed by atoms with Gasteiger partial charge in [0.2, 0.25) is 0 Å². The van der Waals surface area contributed by atoms with E-state index in [2.05, 4.69) is 24.3 Å². The number of benzene rings is 1. The van der Waals surface area contributed by atoms with Crippen molar-refractivity contribution in [2.45, 2.75) is 44.1 Å². The summed E-state index contributed by atoms with van der Waals surface area (Å²) in [5.41, 5.74) is 2.08. The van der Waals surface area contributed by atoms with Gasteiger partial charge in [-0.3, -0.25) is 4.99 Å². The molecule has 3 atom stereocenters. The van der Waals surface area contributed by atoms with Crippen LogP contribution in [0, 0.1) is 34.5 Å². The molecule has 3 nitrogen and oxygen atoms in total. The Balaban J connectivity index is 1.82. The molecule has 1 aliphatic carbocycles. The number of hydrogen-bond acceptors (Lipinski definition) is 3. The maximum atomic E-state index is 9.34. The molecule has 116 valence electrons. The van der Waals surface area contributed by atoms with Crippen LogP contribution in [0.2, 0.25) is 0 Å². The zero-order valence-corrected chi connectivity index (χ0v) is 13.2. The van der Waals surface area contributed by atoms with Crippen LogP contribution in [0.4, 0.5) is 0 Å². The lowest BCUT2D eigenvalue weighted by atomic mass is 9.80. The third-order valence-electron chi connectivity index (χ3n) is 4.99. The van der Waals surface area contributed by atoms with E-state index in [1.165, 1.54) is 19.3 Å². The Morgan fingerprint density at radius 2 is 1.83 bits per heavy atom. The van der Waals surface area contributed by atoms with Gasteiger partial charge in [-0.1, -0.05) is 49.2 Å². The first-order valence-electron chi connectivity index (χ1n) is 8.41. The molecule has 1 fully saturated rings. The Morgan fingerprint density at radius 3 is 2.57 bits per heavy atom. The Morgan fingerprint density at radius 1 is 1.09 bits per heavy atom. The molecule has 23 heavy (non-hydrogen) atoms. The number of nitrogens with zero attached hydrogens (tertiary/aromatic N) is 3. The highest BCUT2D eigenvalue weighted by Crippen LogP contribution is 2.33. The molecule has 0 aromatic heterocycles. The topological polar surface area (TPSA) is 59.9 Å². The molecule has 3 heteroatoms. The monoisotopic (exact) mass is 303 g/mol. The molecule has 3 rings (SSSR count). The second kappa shape index (κ2) is 7.25. The van der Waals surface area contributed by atoms with E-state index in [0.29, 0.717) is 18.4 Å². The fourth-order valence-corrected chi connectivity index (χ4v) is 3.70. The third kappa shape index (κ3) is 3.51. The van der Waals surface area contributed by atoms with Crippen molar-refractivity contribution >= 4 is 5.71 Å². The van der Waals surface area contributed by atoms with Crippen molar-refractivity contribution in [3.8, 4) is 12.1 Å². The van der Waals surface area contributed by atoms with Gasteiger partial charge < -0.3 is 0 Å². The number of dihydropyridines is 1. The first-order chi connectivity index (χ1) is 11.3. The molecule has 1 saturated carbocycles. The SMILES string of the molecule is N#CC(C#N)C(CC1=N[C@@H]2CCCC[C@@H]2C=C1)c1ccccc1. The average molecular weight is 303 g/mol. The highest BCUT2D eigenvalue weighted by molar-refractivity contribution is 5.96. The second-order valence-corrected chi connectivity index (χ2v) is 6.45. The van der Waals surface area contributed by atoms with Gasteiger partial charge in [0.25, 0.3) is 0 Å². The predicted octanol–water partition coefficient (Wildman–Crippen LogP) is 4.39. The van der Waals surface area contributed by atoms with Crippen LogP contribution >= 0.6 is 0 Å². The van der Waals surface area contributed by atoms with Crippen molar-refractivity contribution in [2.24, 2.45) is 16.8 Å². The molecule has 1 aliphatic heterocycles. The van der Waals surface area contributed by atoms with Gasteiger partial charge in [-0.25, -0.2) is 0 Å². The van der Waals surface area contributed by atoms with Crippen LogP contribution in [0.5, 0.6) is 0 Å². The van der Waals surface area contributed by atoms with Crippen molar-refractivity contribution in [2.75, 3.05) is 0 Å². The molecule has 1 aromatic carbocycles. The summed E-state index contributed by atoms with van der Waals surface area (Å²) in [5.74, 6) is -0.169. The summed E-state index contributed by atoms with van der Waals surface area (Å²) in [6.45, 7) is 0. The summed E-state index contributed by atoms with van der Waals surface area (Å²) in [4.78, 5) is 4.93. The van der Waals surface area contributed by atoms with Gasteiger partial charge >= 0.3 is 0 Å². The van der Waals surface area contributed by atoms with Gasteiger partial charge in [-0.05, 0) is 36.8 Å². The first-order valence-corrected chi connectivity index (χ1v) is 8.41.